The number of oxazole rings is 1. The molecule has 8 heteroatoms. The second kappa shape index (κ2) is 7.45. The molecular formula is C19H19N3O5. The number of benzene rings is 2. The predicted molar refractivity (Wildman–Crippen MR) is 101 cm³/mol. The molecule has 1 heterocycles. The van der Waals surface area contributed by atoms with E-state index in [1.165, 1.54) is 22.8 Å². The number of aryl methyl sites for hydroxylation is 3. The van der Waals surface area contributed by atoms with E-state index in [1.54, 1.807) is 0 Å². The van der Waals surface area contributed by atoms with Crippen molar-refractivity contribution >= 4 is 28.4 Å². The summed E-state index contributed by atoms with van der Waals surface area (Å²) in [6.07, 6.45) is 0.668. The molecule has 3 rings (SSSR count). The van der Waals surface area contributed by atoms with Crippen LogP contribution in [0.25, 0.3) is 11.1 Å². The molecule has 0 aliphatic rings. The van der Waals surface area contributed by atoms with E-state index in [0.29, 0.717) is 11.9 Å². The molecular weight excluding hydrogens is 350 g/mol. The quantitative estimate of drug-likeness (QED) is 0.528. The first-order valence-electron chi connectivity index (χ1n) is 8.50. The predicted octanol–water partition coefficient (Wildman–Crippen LogP) is 3.54. The summed E-state index contributed by atoms with van der Waals surface area (Å²) in [5, 5.41) is 13.7. The number of anilines is 1. The van der Waals surface area contributed by atoms with E-state index in [-0.39, 0.29) is 30.1 Å². The smallest absolute Gasteiger partial charge is 0.407 e. The van der Waals surface area contributed by atoms with Crippen LogP contribution in [0.15, 0.2) is 45.6 Å². The number of nitro benzene ring substituents is 1. The van der Waals surface area contributed by atoms with E-state index in [0.717, 1.165) is 16.8 Å². The average Bonchev–Trinajstić information content (AvgIpc) is 2.92. The molecule has 0 fully saturated rings. The minimum Gasteiger partial charge on any atom is -0.407 e. The molecule has 140 valence electrons. The van der Waals surface area contributed by atoms with Crippen molar-refractivity contribution in [3.8, 4) is 0 Å². The number of nitrogens with zero attached hydrogens (tertiary/aromatic N) is 2. The van der Waals surface area contributed by atoms with Gasteiger partial charge in [-0.2, -0.15) is 0 Å². The zero-order chi connectivity index (χ0) is 19.6. The topological polar surface area (TPSA) is 107 Å². The van der Waals surface area contributed by atoms with Crippen LogP contribution in [-0.4, -0.2) is 15.4 Å². The van der Waals surface area contributed by atoms with Gasteiger partial charge in [0.1, 0.15) is 0 Å². The second-order valence-electron chi connectivity index (χ2n) is 6.40. The van der Waals surface area contributed by atoms with Gasteiger partial charge >= 0.3 is 5.76 Å². The van der Waals surface area contributed by atoms with Crippen molar-refractivity contribution in [2.45, 2.75) is 33.2 Å². The van der Waals surface area contributed by atoms with Gasteiger partial charge in [-0.15, -0.1) is 0 Å². The molecule has 0 aliphatic carbocycles. The first-order valence-corrected chi connectivity index (χ1v) is 8.50. The third kappa shape index (κ3) is 4.05. The van der Waals surface area contributed by atoms with Crippen LogP contribution in [0.3, 0.4) is 0 Å². The molecule has 0 aliphatic heterocycles. The normalized spacial score (nSPS) is 10.9. The molecule has 0 saturated carbocycles. The van der Waals surface area contributed by atoms with Gasteiger partial charge in [-0.25, -0.2) is 4.79 Å². The van der Waals surface area contributed by atoms with Crippen molar-refractivity contribution < 1.29 is 14.1 Å². The average molecular weight is 369 g/mol. The van der Waals surface area contributed by atoms with Crippen molar-refractivity contribution in [1.29, 1.82) is 0 Å². The first kappa shape index (κ1) is 18.4. The standard InChI is InChI=1S/C19H19N3O5/c1-12-5-7-15(13(2)10-12)20-18(23)4-3-9-21-16-8-6-14(22(25)26)11-17(16)27-19(21)24/h5-8,10-11H,3-4,9H2,1-2H3,(H,20,23). The summed E-state index contributed by atoms with van der Waals surface area (Å²) in [6, 6.07) is 9.81. The Morgan fingerprint density at radius 2 is 2.00 bits per heavy atom. The maximum absolute atomic E-state index is 12.1. The number of carbonyl (C=O) groups excluding carboxylic acids is 1. The Morgan fingerprint density at radius 1 is 1.22 bits per heavy atom. The largest absolute Gasteiger partial charge is 0.419 e. The van der Waals surface area contributed by atoms with E-state index >= 15 is 0 Å². The number of carbonyl (C=O) groups is 1. The van der Waals surface area contributed by atoms with Crippen LogP contribution >= 0.6 is 0 Å². The van der Waals surface area contributed by atoms with Crippen LogP contribution in [0, 0.1) is 24.0 Å². The molecule has 27 heavy (non-hydrogen) atoms. The minimum absolute atomic E-state index is 0.140. The van der Waals surface area contributed by atoms with E-state index in [4.69, 9.17) is 4.42 Å². The summed E-state index contributed by atoms with van der Waals surface area (Å²) in [5.74, 6) is -0.737. The van der Waals surface area contributed by atoms with E-state index in [2.05, 4.69) is 5.32 Å². The van der Waals surface area contributed by atoms with Gasteiger partial charge in [0.15, 0.2) is 5.58 Å². The van der Waals surface area contributed by atoms with Gasteiger partial charge in [0.25, 0.3) is 5.69 Å². The van der Waals surface area contributed by atoms with Crippen LogP contribution in [-0.2, 0) is 11.3 Å². The third-order valence-corrected chi connectivity index (χ3v) is 4.30. The monoisotopic (exact) mass is 369 g/mol. The Balaban J connectivity index is 1.65. The van der Waals surface area contributed by atoms with Gasteiger partial charge in [-0.3, -0.25) is 19.5 Å². The van der Waals surface area contributed by atoms with Gasteiger partial charge in [0, 0.05) is 24.7 Å². The highest BCUT2D eigenvalue weighted by Gasteiger charge is 2.14. The molecule has 0 atom stereocenters. The Bertz CT molecular complexity index is 1080. The zero-order valence-electron chi connectivity index (χ0n) is 15.0. The first-order chi connectivity index (χ1) is 12.8. The van der Waals surface area contributed by atoms with Crippen LogP contribution in [0.4, 0.5) is 11.4 Å². The van der Waals surface area contributed by atoms with Crippen LogP contribution in [0.1, 0.15) is 24.0 Å². The van der Waals surface area contributed by atoms with Crippen LogP contribution in [0.5, 0.6) is 0 Å². The molecule has 0 bridgehead atoms. The fraction of sp³-hybridized carbons (Fsp3) is 0.263. The maximum atomic E-state index is 12.1. The van der Waals surface area contributed by atoms with Gasteiger partial charge in [0.05, 0.1) is 16.5 Å². The van der Waals surface area contributed by atoms with E-state index in [9.17, 15) is 19.7 Å². The number of amides is 1. The molecule has 3 aromatic rings. The number of nitrogens with one attached hydrogen (secondary N) is 1. The van der Waals surface area contributed by atoms with Crippen molar-refractivity contribution in [1.82, 2.24) is 4.57 Å². The molecule has 0 spiro atoms. The Morgan fingerprint density at radius 3 is 2.70 bits per heavy atom. The highest BCUT2D eigenvalue weighted by atomic mass is 16.6. The van der Waals surface area contributed by atoms with Gasteiger partial charge in [-0.1, -0.05) is 17.7 Å². The lowest BCUT2D eigenvalue weighted by Crippen LogP contribution is -2.17. The van der Waals surface area contributed by atoms with E-state index < -0.39 is 10.7 Å². The lowest BCUT2D eigenvalue weighted by atomic mass is 10.1. The Hall–Kier alpha value is -3.42. The molecule has 0 unspecified atom stereocenters. The highest BCUT2D eigenvalue weighted by molar-refractivity contribution is 5.91. The zero-order valence-corrected chi connectivity index (χ0v) is 15.0. The van der Waals surface area contributed by atoms with Crippen LogP contribution < -0.4 is 11.1 Å². The summed E-state index contributed by atoms with van der Waals surface area (Å²) in [4.78, 5) is 34.4. The fourth-order valence-corrected chi connectivity index (χ4v) is 2.94. The van der Waals surface area contributed by atoms with Gasteiger partial charge < -0.3 is 9.73 Å². The Kier molecular flexibility index (Phi) is 5.07. The number of rotatable bonds is 6. The third-order valence-electron chi connectivity index (χ3n) is 4.30. The highest BCUT2D eigenvalue weighted by Crippen LogP contribution is 2.20. The van der Waals surface area contributed by atoms with Crippen molar-refractivity contribution in [3.63, 3.8) is 0 Å². The lowest BCUT2D eigenvalue weighted by Gasteiger charge is -2.09. The summed E-state index contributed by atoms with van der Waals surface area (Å²) in [7, 11) is 0. The number of non-ortho nitro benzene ring substituents is 1. The number of aromatic nitrogens is 1. The van der Waals surface area contributed by atoms with Crippen molar-refractivity contribution in [2.24, 2.45) is 0 Å². The van der Waals surface area contributed by atoms with Crippen LogP contribution in [0.2, 0.25) is 0 Å². The molecule has 8 nitrogen and oxygen atoms in total. The molecule has 1 amide bonds. The molecule has 0 radical (unpaired) electrons. The maximum Gasteiger partial charge on any atom is 0.419 e. The molecule has 1 N–H and O–H groups in total. The molecule has 0 saturated heterocycles. The number of nitro groups is 1. The van der Waals surface area contributed by atoms with Gasteiger partial charge in [-0.05, 0) is 38.0 Å². The molecule has 1 aromatic heterocycles. The van der Waals surface area contributed by atoms with Crippen molar-refractivity contribution in [2.75, 3.05) is 5.32 Å². The SMILES string of the molecule is Cc1ccc(NC(=O)CCCn2c(=O)oc3cc([N+](=O)[O-])ccc32)c(C)c1. The lowest BCUT2D eigenvalue weighted by molar-refractivity contribution is -0.384. The minimum atomic E-state index is -0.597. The summed E-state index contributed by atoms with van der Waals surface area (Å²) in [5.41, 5.74) is 3.37. The van der Waals surface area contributed by atoms with Crippen molar-refractivity contribution in [3.05, 3.63) is 68.2 Å². The number of fused-ring (bicyclic) bond motifs is 1. The summed E-state index contributed by atoms with van der Waals surface area (Å²) >= 11 is 0. The van der Waals surface area contributed by atoms with Gasteiger partial charge in [0.2, 0.25) is 5.91 Å². The number of hydrogen-bond acceptors (Lipinski definition) is 5. The Labute approximate surface area is 154 Å². The summed E-state index contributed by atoms with van der Waals surface area (Å²) in [6.45, 7) is 4.20. The van der Waals surface area contributed by atoms with E-state index in [1.807, 2.05) is 32.0 Å². The second-order valence-corrected chi connectivity index (χ2v) is 6.40. The fourth-order valence-electron chi connectivity index (χ4n) is 2.94. The number of hydrogen-bond donors (Lipinski definition) is 1. The summed E-state index contributed by atoms with van der Waals surface area (Å²) < 4.78 is 6.45. The molecule has 2 aromatic carbocycles.